The molecule has 3 unspecified atom stereocenters. The first-order valence-corrected chi connectivity index (χ1v) is 6.45. The van der Waals surface area contributed by atoms with Gasteiger partial charge in [0.1, 0.15) is 0 Å². The highest BCUT2D eigenvalue weighted by Gasteiger charge is 2.29. The van der Waals surface area contributed by atoms with Gasteiger partial charge in [-0.15, -0.1) is 0 Å². The van der Waals surface area contributed by atoms with E-state index in [0.29, 0.717) is 26.1 Å². The van der Waals surface area contributed by atoms with Crippen LogP contribution in [0.2, 0.25) is 0 Å². The van der Waals surface area contributed by atoms with Crippen molar-refractivity contribution in [2.45, 2.75) is 32.4 Å². The molecule has 1 aliphatic rings. The Balaban J connectivity index is 2.37. The predicted molar refractivity (Wildman–Crippen MR) is 67.8 cm³/mol. The molecule has 0 aromatic carbocycles. The maximum Gasteiger partial charge on any atom is 0.317 e. The molecule has 110 valence electrons. The molecule has 0 aliphatic carbocycles. The highest BCUT2D eigenvalue weighted by molar-refractivity contribution is 5.75. The second-order valence-corrected chi connectivity index (χ2v) is 4.90. The van der Waals surface area contributed by atoms with Gasteiger partial charge in [-0.25, -0.2) is 4.79 Å². The molecule has 1 saturated heterocycles. The zero-order chi connectivity index (χ0) is 14.4. The highest BCUT2D eigenvalue weighted by atomic mass is 16.5. The highest BCUT2D eigenvalue weighted by Crippen LogP contribution is 2.11. The van der Waals surface area contributed by atoms with Gasteiger partial charge in [0.2, 0.25) is 0 Å². The predicted octanol–water partition coefficient (Wildman–Crippen LogP) is -0.112. The number of aliphatic carboxylic acids is 1. The van der Waals surface area contributed by atoms with Crippen LogP contribution in [-0.2, 0) is 9.53 Å². The van der Waals surface area contributed by atoms with Crippen LogP contribution in [0.15, 0.2) is 0 Å². The maximum atomic E-state index is 12.0. The van der Waals surface area contributed by atoms with Gasteiger partial charge in [-0.05, 0) is 13.3 Å². The van der Waals surface area contributed by atoms with Crippen LogP contribution >= 0.6 is 0 Å². The van der Waals surface area contributed by atoms with E-state index < -0.39 is 11.9 Å². The molecule has 1 aliphatic heterocycles. The number of morpholine rings is 1. The van der Waals surface area contributed by atoms with Crippen molar-refractivity contribution in [2.24, 2.45) is 5.92 Å². The number of ether oxygens (including phenoxy) is 1. The van der Waals surface area contributed by atoms with Gasteiger partial charge in [0.05, 0.1) is 37.8 Å². The summed E-state index contributed by atoms with van der Waals surface area (Å²) in [6.07, 6.45) is 0.0448. The largest absolute Gasteiger partial charge is 0.481 e. The molecule has 2 amide bonds. The number of aliphatic hydroxyl groups is 1. The molecular formula is C12H22N2O5. The summed E-state index contributed by atoms with van der Waals surface area (Å²) in [6.45, 7) is 4.41. The number of nitrogens with one attached hydrogen (secondary N) is 1. The first kappa shape index (κ1) is 15.7. The second-order valence-electron chi connectivity index (χ2n) is 4.90. The standard InChI is InChI=1S/C12H22N2O5/c1-8(11(16)17)3-4-13-12(18)14-5-10(6-15)19-7-9(14)2/h8-10,15H,3-7H2,1-2H3,(H,13,18)(H,16,17). The van der Waals surface area contributed by atoms with E-state index in [1.165, 1.54) is 0 Å². The quantitative estimate of drug-likeness (QED) is 0.649. The second kappa shape index (κ2) is 7.30. The van der Waals surface area contributed by atoms with Crippen molar-refractivity contribution in [3.63, 3.8) is 0 Å². The van der Waals surface area contributed by atoms with Crippen LogP contribution in [0.4, 0.5) is 4.79 Å². The molecule has 3 atom stereocenters. The third-order valence-corrected chi connectivity index (χ3v) is 3.25. The number of rotatable bonds is 5. The topological polar surface area (TPSA) is 99.1 Å². The van der Waals surface area contributed by atoms with Crippen molar-refractivity contribution >= 4 is 12.0 Å². The average Bonchev–Trinajstić information content (AvgIpc) is 2.38. The number of carbonyl (C=O) groups is 2. The van der Waals surface area contributed by atoms with Crippen molar-refractivity contribution in [3.8, 4) is 0 Å². The van der Waals surface area contributed by atoms with E-state index in [1.54, 1.807) is 11.8 Å². The van der Waals surface area contributed by atoms with Crippen LogP contribution in [0.3, 0.4) is 0 Å². The third-order valence-electron chi connectivity index (χ3n) is 3.25. The van der Waals surface area contributed by atoms with E-state index >= 15 is 0 Å². The number of aliphatic hydroxyl groups excluding tert-OH is 1. The molecule has 0 saturated carbocycles. The van der Waals surface area contributed by atoms with E-state index in [0.717, 1.165) is 0 Å². The van der Waals surface area contributed by atoms with Crippen LogP contribution in [0.25, 0.3) is 0 Å². The lowest BCUT2D eigenvalue weighted by Crippen LogP contribution is -2.55. The van der Waals surface area contributed by atoms with Gasteiger partial charge in [0.25, 0.3) is 0 Å². The van der Waals surface area contributed by atoms with Crippen molar-refractivity contribution < 1.29 is 24.5 Å². The number of nitrogens with zero attached hydrogens (tertiary/aromatic N) is 1. The monoisotopic (exact) mass is 274 g/mol. The Bertz CT molecular complexity index is 323. The molecule has 0 spiro atoms. The first-order chi connectivity index (χ1) is 8.95. The molecule has 0 aromatic rings. The zero-order valence-corrected chi connectivity index (χ0v) is 11.3. The summed E-state index contributed by atoms with van der Waals surface area (Å²) in [5, 5.41) is 20.5. The van der Waals surface area contributed by atoms with Gasteiger partial charge in [-0.1, -0.05) is 6.92 Å². The van der Waals surface area contributed by atoms with Crippen LogP contribution in [-0.4, -0.2) is 65.6 Å². The van der Waals surface area contributed by atoms with Crippen LogP contribution in [0.5, 0.6) is 0 Å². The summed E-state index contributed by atoms with van der Waals surface area (Å²) in [6, 6.07) is -0.300. The minimum absolute atomic E-state index is 0.0558. The molecule has 7 heteroatoms. The van der Waals surface area contributed by atoms with E-state index in [4.69, 9.17) is 14.9 Å². The lowest BCUT2D eigenvalue weighted by atomic mass is 10.1. The number of hydrogen-bond acceptors (Lipinski definition) is 4. The molecule has 1 rings (SSSR count). The first-order valence-electron chi connectivity index (χ1n) is 6.45. The average molecular weight is 274 g/mol. The Morgan fingerprint density at radius 2 is 2.21 bits per heavy atom. The molecule has 7 nitrogen and oxygen atoms in total. The SMILES string of the molecule is CC(CCNC(=O)N1CC(CO)OCC1C)C(=O)O. The van der Waals surface area contributed by atoms with E-state index in [1.807, 2.05) is 6.92 Å². The molecule has 1 heterocycles. The van der Waals surface area contributed by atoms with Gasteiger partial charge >= 0.3 is 12.0 Å². The normalized spacial score (nSPS) is 24.9. The van der Waals surface area contributed by atoms with Gasteiger partial charge in [-0.2, -0.15) is 0 Å². The fraction of sp³-hybridized carbons (Fsp3) is 0.833. The smallest absolute Gasteiger partial charge is 0.317 e. The Kier molecular flexibility index (Phi) is 6.04. The van der Waals surface area contributed by atoms with Crippen molar-refractivity contribution in [3.05, 3.63) is 0 Å². The van der Waals surface area contributed by atoms with Crippen molar-refractivity contribution in [1.82, 2.24) is 10.2 Å². The number of urea groups is 1. The Morgan fingerprint density at radius 1 is 1.53 bits per heavy atom. The molecule has 0 bridgehead atoms. The Morgan fingerprint density at radius 3 is 2.79 bits per heavy atom. The number of amides is 2. The van der Waals surface area contributed by atoms with Gasteiger partial charge < -0.3 is 25.2 Å². The molecule has 1 fully saturated rings. The van der Waals surface area contributed by atoms with E-state index in [2.05, 4.69) is 5.32 Å². The lowest BCUT2D eigenvalue weighted by molar-refractivity contribution is -0.141. The van der Waals surface area contributed by atoms with Gasteiger partial charge in [0.15, 0.2) is 0 Å². The van der Waals surface area contributed by atoms with E-state index in [9.17, 15) is 9.59 Å². The minimum atomic E-state index is -0.866. The summed E-state index contributed by atoms with van der Waals surface area (Å²) in [4.78, 5) is 24.2. The zero-order valence-electron chi connectivity index (χ0n) is 11.3. The molecule has 19 heavy (non-hydrogen) atoms. The summed E-state index contributed by atoms with van der Waals surface area (Å²) < 4.78 is 5.34. The van der Waals surface area contributed by atoms with Crippen molar-refractivity contribution in [2.75, 3.05) is 26.3 Å². The number of carboxylic acids is 1. The summed E-state index contributed by atoms with van der Waals surface area (Å²) in [7, 11) is 0. The number of hydrogen-bond donors (Lipinski definition) is 3. The van der Waals surface area contributed by atoms with Gasteiger partial charge in [-0.3, -0.25) is 4.79 Å². The molecule has 3 N–H and O–H groups in total. The summed E-state index contributed by atoms with van der Waals surface area (Å²) in [5.74, 6) is -1.35. The van der Waals surface area contributed by atoms with E-state index in [-0.39, 0.29) is 24.8 Å². The van der Waals surface area contributed by atoms with Crippen molar-refractivity contribution in [1.29, 1.82) is 0 Å². The third kappa shape index (κ3) is 4.68. The minimum Gasteiger partial charge on any atom is -0.481 e. The fourth-order valence-corrected chi connectivity index (χ4v) is 1.83. The number of carbonyl (C=O) groups excluding carboxylic acids is 1. The molecule has 0 aromatic heterocycles. The molecular weight excluding hydrogens is 252 g/mol. The fourth-order valence-electron chi connectivity index (χ4n) is 1.83. The maximum absolute atomic E-state index is 12.0. The molecule has 0 radical (unpaired) electrons. The summed E-state index contributed by atoms with van der Waals surface area (Å²) in [5.41, 5.74) is 0. The number of carboxylic acid groups (broad SMARTS) is 1. The lowest BCUT2D eigenvalue weighted by Gasteiger charge is -2.37. The van der Waals surface area contributed by atoms with Crippen LogP contribution in [0.1, 0.15) is 20.3 Å². The van der Waals surface area contributed by atoms with Crippen LogP contribution < -0.4 is 5.32 Å². The Labute approximate surface area is 112 Å². The van der Waals surface area contributed by atoms with Gasteiger partial charge in [0, 0.05) is 6.54 Å². The van der Waals surface area contributed by atoms with Crippen LogP contribution in [0, 0.1) is 5.92 Å². The Hall–Kier alpha value is -1.34. The summed E-state index contributed by atoms with van der Waals surface area (Å²) >= 11 is 0.